The second-order valence-corrected chi connectivity index (χ2v) is 7.28. The summed E-state index contributed by atoms with van der Waals surface area (Å²) in [6, 6.07) is -0.239. The molecule has 0 saturated heterocycles. The number of nitrogens with zero attached hydrogens (tertiary/aromatic N) is 5. The van der Waals surface area contributed by atoms with Crippen molar-refractivity contribution < 1.29 is 26.7 Å². The van der Waals surface area contributed by atoms with Crippen LogP contribution in [-0.2, 0) is 0 Å². The van der Waals surface area contributed by atoms with Gasteiger partial charge in [-0.25, -0.2) is 8.78 Å². The number of benzene rings is 1. The van der Waals surface area contributed by atoms with Crippen LogP contribution in [0.2, 0.25) is 5.15 Å². The average molecular weight is 465 g/mol. The molecule has 0 amide bonds. The Morgan fingerprint density at radius 2 is 1.84 bits per heavy atom. The highest BCUT2D eigenvalue weighted by atomic mass is 35.5. The standard InChI is InChI=1S/C18H18ClF5N6O/c1-9(18(22,23)24)27-16-14(15(19)28-17-25-8-26-30(16)17)13-11(20)6-10(7-12(13)21)31-5-4-29(2)3/h6-9,27H,4-5H2,1-3H3. The van der Waals surface area contributed by atoms with E-state index in [4.69, 9.17) is 16.3 Å². The third kappa shape index (κ3) is 4.96. The molecule has 1 aromatic carbocycles. The maximum Gasteiger partial charge on any atom is 0.408 e. The number of anilines is 1. The van der Waals surface area contributed by atoms with Crippen LogP contribution in [0.3, 0.4) is 0 Å². The van der Waals surface area contributed by atoms with Crippen molar-refractivity contribution in [3.05, 3.63) is 35.2 Å². The second kappa shape index (κ2) is 8.79. The molecule has 0 fully saturated rings. The summed E-state index contributed by atoms with van der Waals surface area (Å²) >= 11 is 6.12. The predicted octanol–water partition coefficient (Wildman–Crippen LogP) is 4.03. The predicted molar refractivity (Wildman–Crippen MR) is 104 cm³/mol. The monoisotopic (exact) mass is 464 g/mol. The van der Waals surface area contributed by atoms with Crippen molar-refractivity contribution in [2.75, 3.05) is 32.6 Å². The van der Waals surface area contributed by atoms with Gasteiger partial charge in [0.15, 0.2) is 0 Å². The molecule has 3 rings (SSSR count). The van der Waals surface area contributed by atoms with Crippen LogP contribution >= 0.6 is 11.6 Å². The highest BCUT2D eigenvalue weighted by Gasteiger charge is 2.37. The first kappa shape index (κ1) is 22.9. The van der Waals surface area contributed by atoms with Crippen molar-refractivity contribution in [2.24, 2.45) is 0 Å². The van der Waals surface area contributed by atoms with E-state index < -0.39 is 46.0 Å². The molecule has 2 aromatic heterocycles. The Morgan fingerprint density at radius 3 is 2.42 bits per heavy atom. The topological polar surface area (TPSA) is 67.6 Å². The van der Waals surface area contributed by atoms with Gasteiger partial charge in [0.05, 0.1) is 11.1 Å². The number of likely N-dealkylation sites (N-methyl/N-ethyl adjacent to an activating group) is 1. The molecule has 2 heterocycles. The number of ether oxygens (including phenoxy) is 1. The Labute approximate surface area is 178 Å². The molecular formula is C18H18ClF5N6O. The summed E-state index contributed by atoms with van der Waals surface area (Å²) in [5.41, 5.74) is -1.10. The fraction of sp³-hybridized carbons (Fsp3) is 0.389. The Bertz CT molecular complexity index is 1060. The van der Waals surface area contributed by atoms with Gasteiger partial charge in [0.1, 0.15) is 47.3 Å². The molecule has 13 heteroatoms. The molecule has 3 aromatic rings. The van der Waals surface area contributed by atoms with Gasteiger partial charge in [-0.05, 0) is 21.0 Å². The summed E-state index contributed by atoms with van der Waals surface area (Å²) in [4.78, 5) is 9.47. The van der Waals surface area contributed by atoms with Crippen molar-refractivity contribution in [2.45, 2.75) is 19.1 Å². The van der Waals surface area contributed by atoms with Crippen LogP contribution in [0.25, 0.3) is 16.9 Å². The third-order valence-corrected chi connectivity index (χ3v) is 4.57. The zero-order valence-electron chi connectivity index (χ0n) is 16.6. The molecule has 0 aliphatic carbocycles. The molecule has 0 spiro atoms. The van der Waals surface area contributed by atoms with E-state index >= 15 is 0 Å². The normalized spacial score (nSPS) is 13.1. The van der Waals surface area contributed by atoms with Gasteiger partial charge >= 0.3 is 6.18 Å². The van der Waals surface area contributed by atoms with Crippen LogP contribution in [0.4, 0.5) is 27.8 Å². The molecule has 0 aliphatic rings. The first-order valence-electron chi connectivity index (χ1n) is 8.98. The maximum atomic E-state index is 14.9. The van der Waals surface area contributed by atoms with Gasteiger partial charge in [-0.2, -0.15) is 32.8 Å². The molecule has 1 N–H and O–H groups in total. The minimum Gasteiger partial charge on any atom is -0.492 e. The van der Waals surface area contributed by atoms with Crippen molar-refractivity contribution in [1.29, 1.82) is 0 Å². The number of aromatic nitrogens is 4. The average Bonchev–Trinajstić information content (AvgIpc) is 3.10. The summed E-state index contributed by atoms with van der Waals surface area (Å²) in [7, 11) is 3.61. The molecule has 168 valence electrons. The summed E-state index contributed by atoms with van der Waals surface area (Å²) in [6.07, 6.45) is -3.62. The molecule has 0 radical (unpaired) electrons. The zero-order valence-corrected chi connectivity index (χ0v) is 17.4. The number of rotatable bonds is 7. The molecule has 31 heavy (non-hydrogen) atoms. The quantitative estimate of drug-likeness (QED) is 0.421. The molecule has 0 saturated carbocycles. The van der Waals surface area contributed by atoms with E-state index in [0.29, 0.717) is 6.54 Å². The van der Waals surface area contributed by atoms with Crippen LogP contribution in [0.15, 0.2) is 18.5 Å². The first-order valence-corrected chi connectivity index (χ1v) is 9.36. The minimum absolute atomic E-state index is 0.0790. The smallest absolute Gasteiger partial charge is 0.408 e. The third-order valence-electron chi connectivity index (χ3n) is 4.30. The van der Waals surface area contributed by atoms with Crippen LogP contribution in [-0.4, -0.2) is 63.9 Å². The lowest BCUT2D eigenvalue weighted by atomic mass is 10.1. The van der Waals surface area contributed by atoms with Gasteiger partial charge < -0.3 is 15.0 Å². The highest BCUT2D eigenvalue weighted by Crippen LogP contribution is 2.39. The number of hydrogen-bond acceptors (Lipinski definition) is 6. The van der Waals surface area contributed by atoms with E-state index in [1.807, 2.05) is 4.90 Å². The van der Waals surface area contributed by atoms with Crippen molar-refractivity contribution in [3.63, 3.8) is 0 Å². The summed E-state index contributed by atoms with van der Waals surface area (Å²) in [6.45, 7) is 1.52. The number of halogens is 6. The Morgan fingerprint density at radius 1 is 1.19 bits per heavy atom. The van der Waals surface area contributed by atoms with Gasteiger partial charge in [-0.15, -0.1) is 0 Å². The Hall–Kier alpha value is -2.73. The molecule has 7 nitrogen and oxygen atoms in total. The summed E-state index contributed by atoms with van der Waals surface area (Å²) in [5, 5.41) is 5.52. The number of hydrogen-bond donors (Lipinski definition) is 1. The van der Waals surface area contributed by atoms with Gasteiger partial charge in [0, 0.05) is 18.7 Å². The van der Waals surface area contributed by atoms with Gasteiger partial charge in [0.2, 0.25) is 0 Å². The minimum atomic E-state index is -4.65. The van der Waals surface area contributed by atoms with E-state index in [0.717, 1.165) is 29.9 Å². The number of nitrogens with one attached hydrogen (secondary N) is 1. The Balaban J connectivity index is 2.12. The maximum absolute atomic E-state index is 14.9. The fourth-order valence-electron chi connectivity index (χ4n) is 2.68. The molecule has 0 aliphatic heterocycles. The number of alkyl halides is 3. The van der Waals surface area contributed by atoms with Gasteiger partial charge in [-0.3, -0.25) is 0 Å². The van der Waals surface area contributed by atoms with Crippen LogP contribution in [0, 0.1) is 11.6 Å². The second-order valence-electron chi connectivity index (χ2n) is 6.92. The largest absolute Gasteiger partial charge is 0.492 e. The number of fused-ring (bicyclic) bond motifs is 1. The van der Waals surface area contributed by atoms with E-state index in [1.165, 1.54) is 0 Å². The summed E-state index contributed by atoms with van der Waals surface area (Å²) in [5.74, 6) is -2.81. The van der Waals surface area contributed by atoms with Crippen LogP contribution in [0.1, 0.15) is 6.92 Å². The van der Waals surface area contributed by atoms with Gasteiger partial charge in [0.25, 0.3) is 5.78 Å². The van der Waals surface area contributed by atoms with E-state index in [1.54, 1.807) is 14.1 Å². The SMILES string of the molecule is CC(Nc1c(-c2c(F)cc(OCCN(C)C)cc2F)c(Cl)nc2ncnn12)C(F)(F)F. The van der Waals surface area contributed by atoms with Crippen molar-refractivity contribution in [1.82, 2.24) is 24.5 Å². The molecular weight excluding hydrogens is 447 g/mol. The molecule has 1 atom stereocenters. The molecule has 0 bridgehead atoms. The van der Waals surface area contributed by atoms with E-state index in [-0.39, 0.29) is 18.1 Å². The Kier molecular flexibility index (Phi) is 6.51. The highest BCUT2D eigenvalue weighted by molar-refractivity contribution is 6.33. The van der Waals surface area contributed by atoms with Crippen LogP contribution < -0.4 is 10.1 Å². The lowest BCUT2D eigenvalue weighted by molar-refractivity contribution is -0.138. The van der Waals surface area contributed by atoms with Crippen molar-refractivity contribution >= 4 is 23.2 Å². The summed E-state index contributed by atoms with van der Waals surface area (Å²) < 4.78 is 75.6. The zero-order chi connectivity index (χ0) is 22.9. The van der Waals surface area contributed by atoms with E-state index in [2.05, 4.69) is 20.4 Å². The van der Waals surface area contributed by atoms with Gasteiger partial charge in [-0.1, -0.05) is 11.6 Å². The van der Waals surface area contributed by atoms with Crippen molar-refractivity contribution in [3.8, 4) is 16.9 Å². The first-order chi connectivity index (χ1) is 14.5. The lowest BCUT2D eigenvalue weighted by Gasteiger charge is -2.22. The van der Waals surface area contributed by atoms with E-state index in [9.17, 15) is 22.0 Å². The molecule has 1 unspecified atom stereocenters. The van der Waals surface area contributed by atoms with Crippen LogP contribution in [0.5, 0.6) is 5.75 Å². The lowest BCUT2D eigenvalue weighted by Crippen LogP contribution is -2.34. The fourth-order valence-corrected chi connectivity index (χ4v) is 2.94.